The average Bonchev–Trinajstić information content (AvgIpc) is 3.45. The number of rotatable bonds is 4. The van der Waals surface area contributed by atoms with Crippen molar-refractivity contribution in [2.45, 2.75) is 70.3 Å². The summed E-state index contributed by atoms with van der Waals surface area (Å²) in [7, 11) is 3.08. The minimum absolute atomic E-state index is 0.0884. The second kappa shape index (κ2) is 8.22. The van der Waals surface area contributed by atoms with E-state index < -0.39 is 6.04 Å². The maximum absolute atomic E-state index is 13.2. The normalized spacial score (nSPS) is 21.2. The number of esters is 1. The van der Waals surface area contributed by atoms with E-state index in [1.54, 1.807) is 12.0 Å². The Morgan fingerprint density at radius 3 is 2.31 bits per heavy atom. The van der Waals surface area contributed by atoms with Gasteiger partial charge in [0.05, 0.1) is 19.1 Å². The van der Waals surface area contributed by atoms with Crippen molar-refractivity contribution in [3.8, 4) is 16.2 Å². The van der Waals surface area contributed by atoms with Gasteiger partial charge in [0.1, 0.15) is 11.8 Å². The molecule has 5 nitrogen and oxygen atoms in total. The number of nitrogens with zero attached hydrogens (tertiary/aromatic N) is 1. The highest BCUT2D eigenvalue weighted by Gasteiger charge is 2.39. The van der Waals surface area contributed by atoms with Gasteiger partial charge in [0, 0.05) is 17.0 Å². The fourth-order valence-corrected chi connectivity index (χ4v) is 6.07. The predicted molar refractivity (Wildman–Crippen MR) is 128 cm³/mol. The van der Waals surface area contributed by atoms with Gasteiger partial charge in [-0.15, -0.1) is 11.3 Å². The van der Waals surface area contributed by atoms with Crippen molar-refractivity contribution < 1.29 is 19.1 Å². The summed E-state index contributed by atoms with van der Waals surface area (Å²) >= 11 is 1.46. The Kier molecular flexibility index (Phi) is 5.86. The van der Waals surface area contributed by atoms with Gasteiger partial charge >= 0.3 is 5.97 Å². The number of hydrogen-bond donors (Lipinski definition) is 0. The van der Waals surface area contributed by atoms with Crippen LogP contribution in [0.2, 0.25) is 0 Å². The van der Waals surface area contributed by atoms with Crippen molar-refractivity contribution in [3.05, 3.63) is 40.3 Å². The third-order valence-corrected chi connectivity index (χ3v) is 8.35. The molecule has 1 saturated heterocycles. The molecular formula is C26H33NO4S. The Bertz CT molecular complexity index is 1050. The molecule has 1 aromatic carbocycles. The monoisotopic (exact) mass is 455 g/mol. The smallest absolute Gasteiger partial charge is 0.328 e. The van der Waals surface area contributed by atoms with Crippen LogP contribution in [0.1, 0.15) is 74.2 Å². The van der Waals surface area contributed by atoms with Gasteiger partial charge in [0.15, 0.2) is 0 Å². The molecule has 2 heterocycles. The van der Waals surface area contributed by atoms with Crippen LogP contribution in [0, 0.1) is 0 Å². The molecule has 1 aliphatic heterocycles. The van der Waals surface area contributed by atoms with Crippen LogP contribution in [0.5, 0.6) is 5.75 Å². The van der Waals surface area contributed by atoms with Crippen molar-refractivity contribution in [2.24, 2.45) is 0 Å². The molecule has 32 heavy (non-hydrogen) atoms. The van der Waals surface area contributed by atoms with Crippen LogP contribution in [-0.4, -0.2) is 43.6 Å². The molecule has 172 valence electrons. The summed E-state index contributed by atoms with van der Waals surface area (Å²) in [5, 5.41) is 0. The van der Waals surface area contributed by atoms with Gasteiger partial charge in [0.2, 0.25) is 0 Å². The van der Waals surface area contributed by atoms with Crippen molar-refractivity contribution in [1.29, 1.82) is 0 Å². The summed E-state index contributed by atoms with van der Waals surface area (Å²) in [5.74, 6) is 0.394. The summed E-state index contributed by atoms with van der Waals surface area (Å²) in [6.45, 7) is 9.80. The van der Waals surface area contributed by atoms with Crippen molar-refractivity contribution in [1.82, 2.24) is 4.90 Å². The highest BCUT2D eigenvalue weighted by Crippen LogP contribution is 2.49. The van der Waals surface area contributed by atoms with Gasteiger partial charge < -0.3 is 14.4 Å². The summed E-state index contributed by atoms with van der Waals surface area (Å²) in [6.07, 6.45) is 3.74. The average molecular weight is 456 g/mol. The number of ether oxygens (including phenoxy) is 2. The van der Waals surface area contributed by atoms with Gasteiger partial charge in [-0.05, 0) is 71.9 Å². The van der Waals surface area contributed by atoms with E-state index in [1.165, 1.54) is 29.6 Å². The summed E-state index contributed by atoms with van der Waals surface area (Å²) in [6, 6.07) is 7.83. The van der Waals surface area contributed by atoms with Gasteiger partial charge in [-0.1, -0.05) is 27.7 Å². The summed E-state index contributed by atoms with van der Waals surface area (Å²) < 4.78 is 10.7. The quantitative estimate of drug-likeness (QED) is 0.567. The lowest BCUT2D eigenvalue weighted by atomic mass is 9.63. The molecule has 2 aliphatic rings. The number of methoxy groups -OCH3 is 2. The number of fused-ring (bicyclic) bond motifs is 1. The first-order chi connectivity index (χ1) is 15.1. The zero-order chi connectivity index (χ0) is 23.3. The third-order valence-electron chi connectivity index (χ3n) is 7.24. The molecule has 1 amide bonds. The lowest BCUT2D eigenvalue weighted by molar-refractivity contribution is -0.145. The van der Waals surface area contributed by atoms with Gasteiger partial charge in [0.25, 0.3) is 5.91 Å². The minimum Gasteiger partial charge on any atom is -0.496 e. The summed E-state index contributed by atoms with van der Waals surface area (Å²) in [4.78, 5) is 28.6. The molecule has 4 rings (SSSR count). The van der Waals surface area contributed by atoms with E-state index in [0.717, 1.165) is 35.5 Å². The van der Waals surface area contributed by atoms with Crippen LogP contribution in [0.25, 0.3) is 10.4 Å². The van der Waals surface area contributed by atoms with Gasteiger partial charge in [-0.3, -0.25) is 4.79 Å². The fourth-order valence-electron chi connectivity index (χ4n) is 5.09. The Hall–Kier alpha value is -2.34. The SMILES string of the molecule is COC(=O)C1CCCN1C(=O)c1ccc(-c2cc3c(cc2OC)C(C)(C)CCC3(C)C)s1. The van der Waals surface area contributed by atoms with Crippen molar-refractivity contribution in [3.63, 3.8) is 0 Å². The number of likely N-dealkylation sites (tertiary alicyclic amines) is 1. The Balaban J connectivity index is 1.72. The molecule has 0 N–H and O–H groups in total. The van der Waals surface area contributed by atoms with Gasteiger partial charge in [-0.2, -0.15) is 0 Å². The van der Waals surface area contributed by atoms with E-state index in [9.17, 15) is 9.59 Å². The number of thiophene rings is 1. The lowest BCUT2D eigenvalue weighted by Crippen LogP contribution is -2.40. The zero-order valence-corrected chi connectivity index (χ0v) is 20.7. The molecule has 1 atom stereocenters. The van der Waals surface area contributed by atoms with Crippen molar-refractivity contribution >= 4 is 23.2 Å². The highest BCUT2D eigenvalue weighted by molar-refractivity contribution is 7.17. The van der Waals surface area contributed by atoms with E-state index >= 15 is 0 Å². The maximum atomic E-state index is 13.2. The molecule has 1 aliphatic carbocycles. The Morgan fingerprint density at radius 1 is 1.03 bits per heavy atom. The third kappa shape index (κ3) is 3.83. The van der Waals surface area contributed by atoms with E-state index in [0.29, 0.717) is 17.8 Å². The zero-order valence-electron chi connectivity index (χ0n) is 19.9. The molecule has 0 radical (unpaired) electrons. The molecule has 1 aromatic heterocycles. The van der Waals surface area contributed by atoms with Crippen LogP contribution in [-0.2, 0) is 20.4 Å². The second-order valence-electron chi connectivity index (χ2n) is 10.2. The number of benzene rings is 1. The molecular weight excluding hydrogens is 422 g/mol. The van der Waals surface area contributed by atoms with Crippen LogP contribution in [0.15, 0.2) is 24.3 Å². The maximum Gasteiger partial charge on any atom is 0.328 e. The van der Waals surface area contributed by atoms with Gasteiger partial charge in [-0.25, -0.2) is 4.79 Å². The molecule has 0 bridgehead atoms. The van der Waals surface area contributed by atoms with Crippen LogP contribution in [0.4, 0.5) is 0 Å². The molecule has 1 fully saturated rings. The first kappa shape index (κ1) is 22.8. The lowest BCUT2D eigenvalue weighted by Gasteiger charge is -2.42. The molecule has 2 aromatic rings. The van der Waals surface area contributed by atoms with Crippen molar-refractivity contribution in [2.75, 3.05) is 20.8 Å². The van der Waals surface area contributed by atoms with Crippen LogP contribution in [0.3, 0.4) is 0 Å². The first-order valence-corrected chi connectivity index (χ1v) is 12.1. The van der Waals surface area contributed by atoms with E-state index in [1.807, 2.05) is 12.1 Å². The molecule has 6 heteroatoms. The van der Waals surface area contributed by atoms with E-state index in [4.69, 9.17) is 9.47 Å². The Labute approximate surface area is 194 Å². The molecule has 1 unspecified atom stereocenters. The van der Waals surface area contributed by atoms with Crippen LogP contribution < -0.4 is 4.74 Å². The first-order valence-electron chi connectivity index (χ1n) is 11.3. The molecule has 0 saturated carbocycles. The largest absolute Gasteiger partial charge is 0.496 e. The fraction of sp³-hybridized carbons (Fsp3) is 0.538. The number of hydrogen-bond acceptors (Lipinski definition) is 5. The minimum atomic E-state index is -0.487. The number of carbonyl (C=O) groups is 2. The number of amides is 1. The summed E-state index contributed by atoms with van der Waals surface area (Å²) in [5.41, 5.74) is 3.92. The Morgan fingerprint density at radius 2 is 1.69 bits per heavy atom. The van der Waals surface area contributed by atoms with E-state index in [2.05, 4.69) is 39.8 Å². The van der Waals surface area contributed by atoms with Crippen LogP contribution >= 0.6 is 11.3 Å². The van der Waals surface area contributed by atoms with E-state index in [-0.39, 0.29) is 22.7 Å². The second-order valence-corrected chi connectivity index (χ2v) is 11.3. The highest BCUT2D eigenvalue weighted by atomic mass is 32.1. The standard InChI is InChI=1S/C26H33NO4S/c1-25(2)11-12-26(3,4)18-15-20(30-5)16(14-17(18)25)21-9-10-22(32-21)23(28)27-13-7-8-19(27)24(29)31-6/h9-10,14-15,19H,7-8,11-13H2,1-6H3. The molecule has 0 spiro atoms. The number of carbonyl (C=O) groups excluding carboxylic acids is 2. The topological polar surface area (TPSA) is 55.8 Å². The predicted octanol–water partition coefficient (Wildman–Crippen LogP) is 5.55.